The van der Waals surface area contributed by atoms with Gasteiger partial charge in [-0.05, 0) is 61.5 Å². The smallest absolute Gasteiger partial charge is 0.324 e. The van der Waals surface area contributed by atoms with Crippen LogP contribution in [0.4, 0.5) is 44.0 Å². The molecule has 57 heavy (non-hydrogen) atoms. The molecule has 17 nitrogen and oxygen atoms in total. The van der Waals surface area contributed by atoms with Crippen LogP contribution in [0, 0.1) is 0 Å². The highest BCUT2D eigenvalue weighted by Gasteiger charge is 2.21. The first-order valence-electron chi connectivity index (χ1n) is 17.4. The van der Waals surface area contributed by atoms with Crippen molar-refractivity contribution in [2.24, 2.45) is 0 Å². The van der Waals surface area contributed by atoms with E-state index in [1.165, 1.54) is 30.5 Å². The van der Waals surface area contributed by atoms with E-state index in [1.807, 2.05) is 41.5 Å². The second-order valence-corrected chi connectivity index (χ2v) is 15.3. The van der Waals surface area contributed by atoms with Gasteiger partial charge in [-0.1, -0.05) is 51.9 Å². The Kier molecular flexibility index (Phi) is 12.7. The van der Waals surface area contributed by atoms with Crippen molar-refractivity contribution in [3.8, 4) is 0 Å². The molecule has 0 unspecified atom stereocenters. The number of aromatic amines is 1. The Morgan fingerprint density at radius 1 is 0.614 bits per heavy atom. The van der Waals surface area contributed by atoms with Gasteiger partial charge in [0.2, 0.25) is 0 Å². The summed E-state index contributed by atoms with van der Waals surface area (Å²) < 4.78 is 10.5. The minimum Gasteiger partial charge on any atom is -0.359 e. The number of H-pyrrole nitrogens is 1. The lowest BCUT2D eigenvalue weighted by molar-refractivity contribution is 0.101. The van der Waals surface area contributed by atoms with Crippen LogP contribution < -0.4 is 31.9 Å². The van der Waals surface area contributed by atoms with E-state index >= 15 is 0 Å². The summed E-state index contributed by atoms with van der Waals surface area (Å²) in [7, 11) is 0. The van der Waals surface area contributed by atoms with Crippen molar-refractivity contribution in [2.45, 2.75) is 59.3 Å². The van der Waals surface area contributed by atoms with E-state index in [1.54, 1.807) is 71.6 Å². The molecule has 6 amide bonds. The summed E-state index contributed by atoms with van der Waals surface area (Å²) >= 11 is 1.35. The number of thiazole rings is 1. The molecule has 18 heteroatoms. The maximum Gasteiger partial charge on any atom is 0.324 e. The molecule has 0 saturated carbocycles. The second-order valence-electron chi connectivity index (χ2n) is 14.6. The molecule has 0 aliphatic carbocycles. The van der Waals surface area contributed by atoms with Crippen LogP contribution in [0.3, 0.4) is 0 Å². The molecule has 296 valence electrons. The zero-order valence-electron chi connectivity index (χ0n) is 32.2. The maximum absolute atomic E-state index is 12.2. The molecule has 2 aromatic carbocycles. The summed E-state index contributed by atoms with van der Waals surface area (Å²) in [5, 5.41) is 25.4. The molecule has 0 saturated heterocycles. The Bertz CT molecular complexity index is 2330. The number of benzene rings is 2. The SMILES string of the molecule is CC(=O)c1c[nH]c(C(=O)Nc2ccc(NC(=O)Nc3cc(C(C)(C)C)on3)cc2)c1.CC(C)(C)c1cc(NC(=O)Nc2ccc(NC(=O)c3cscn3)cc2)no1. The van der Waals surface area contributed by atoms with Crippen LogP contribution >= 0.6 is 11.3 Å². The summed E-state index contributed by atoms with van der Waals surface area (Å²) in [6.45, 7) is 13.4. The molecule has 0 aliphatic heterocycles. The number of amides is 6. The summed E-state index contributed by atoms with van der Waals surface area (Å²) in [5.74, 6) is 1.21. The van der Waals surface area contributed by atoms with E-state index in [-0.39, 0.29) is 34.1 Å². The van der Waals surface area contributed by atoms with E-state index in [0.29, 0.717) is 57.2 Å². The quantitative estimate of drug-likeness (QED) is 0.0687. The summed E-state index contributed by atoms with van der Waals surface area (Å²) in [6.07, 6.45) is 1.49. The number of anilines is 6. The zero-order chi connectivity index (χ0) is 41.3. The molecule has 6 aromatic rings. The number of aromatic nitrogens is 4. The number of rotatable bonds is 9. The number of carbonyl (C=O) groups is 5. The number of Topliss-reactive ketones (excluding diaryl/α,β-unsaturated/α-hetero) is 1. The predicted octanol–water partition coefficient (Wildman–Crippen LogP) is 8.72. The van der Waals surface area contributed by atoms with Gasteiger partial charge < -0.3 is 35.3 Å². The zero-order valence-corrected chi connectivity index (χ0v) is 33.0. The fourth-order valence-electron chi connectivity index (χ4n) is 4.65. The van der Waals surface area contributed by atoms with Crippen LogP contribution in [0.1, 0.15) is 91.3 Å². The monoisotopic (exact) mass is 794 g/mol. The highest BCUT2D eigenvalue weighted by atomic mass is 32.1. The van der Waals surface area contributed by atoms with Crippen molar-refractivity contribution in [3.63, 3.8) is 0 Å². The van der Waals surface area contributed by atoms with Gasteiger partial charge in [-0.15, -0.1) is 11.3 Å². The summed E-state index contributed by atoms with van der Waals surface area (Å²) in [6, 6.07) is 17.3. The van der Waals surface area contributed by atoms with Gasteiger partial charge in [-0.3, -0.25) is 25.0 Å². The van der Waals surface area contributed by atoms with Crippen molar-refractivity contribution in [1.82, 2.24) is 20.3 Å². The average molecular weight is 795 g/mol. The number of nitrogens with zero attached hydrogens (tertiary/aromatic N) is 3. The Balaban J connectivity index is 0.000000219. The van der Waals surface area contributed by atoms with Crippen molar-refractivity contribution >= 4 is 75.4 Å². The highest BCUT2D eigenvalue weighted by Crippen LogP contribution is 2.26. The van der Waals surface area contributed by atoms with Gasteiger partial charge in [0.1, 0.15) is 22.9 Å². The Morgan fingerprint density at radius 2 is 1.05 bits per heavy atom. The second kappa shape index (κ2) is 17.6. The van der Waals surface area contributed by atoms with Gasteiger partial charge in [-0.25, -0.2) is 14.6 Å². The molecule has 6 rings (SSSR count). The first kappa shape index (κ1) is 41.1. The Hall–Kier alpha value is -7.08. The summed E-state index contributed by atoms with van der Waals surface area (Å²) in [4.78, 5) is 66.5. The molecule has 0 fully saturated rings. The fraction of sp³-hybridized carbons (Fsp3) is 0.231. The fourth-order valence-corrected chi connectivity index (χ4v) is 5.19. The first-order chi connectivity index (χ1) is 26.9. The molecule has 0 bridgehead atoms. The van der Waals surface area contributed by atoms with Crippen molar-refractivity contribution in [2.75, 3.05) is 31.9 Å². The van der Waals surface area contributed by atoms with Gasteiger partial charge in [0.05, 0.1) is 5.51 Å². The molecular weight excluding hydrogens is 753 g/mol. The lowest BCUT2D eigenvalue weighted by atomic mass is 9.93. The molecular formula is C39H42N10O7S. The third-order valence-electron chi connectivity index (χ3n) is 7.78. The average Bonchev–Trinajstić information content (AvgIpc) is 3.97. The Labute approximate surface area is 331 Å². The molecule has 0 radical (unpaired) electrons. The van der Waals surface area contributed by atoms with Gasteiger partial charge in [0, 0.05) is 62.9 Å². The topological polar surface area (TPSA) is 238 Å². The van der Waals surface area contributed by atoms with E-state index in [2.05, 4.69) is 52.2 Å². The van der Waals surface area contributed by atoms with E-state index in [9.17, 15) is 24.0 Å². The van der Waals surface area contributed by atoms with Crippen LogP contribution in [0.5, 0.6) is 0 Å². The van der Waals surface area contributed by atoms with Gasteiger partial charge in [0.15, 0.2) is 17.4 Å². The normalized spacial score (nSPS) is 11.1. The van der Waals surface area contributed by atoms with Gasteiger partial charge in [-0.2, -0.15) is 0 Å². The minimum atomic E-state index is -0.469. The first-order valence-corrected chi connectivity index (χ1v) is 18.4. The van der Waals surface area contributed by atoms with Crippen LogP contribution in [0.25, 0.3) is 0 Å². The predicted molar refractivity (Wildman–Crippen MR) is 217 cm³/mol. The number of nitrogens with one attached hydrogen (secondary N) is 7. The molecule has 0 spiro atoms. The van der Waals surface area contributed by atoms with Crippen LogP contribution in [0.15, 0.2) is 92.9 Å². The lowest BCUT2D eigenvalue weighted by Gasteiger charge is -2.12. The summed E-state index contributed by atoms with van der Waals surface area (Å²) in [5.41, 5.74) is 4.52. The van der Waals surface area contributed by atoms with Crippen molar-refractivity contribution in [3.05, 3.63) is 112 Å². The standard InChI is InChI=1S/C21H23N5O4.C18H19N5O3S/c1-12(27)13-9-16(22-11-13)19(28)23-14-5-7-15(8-6-14)24-20(29)25-18-10-17(30-26-18)21(2,3)4;1-18(2,3)14-8-15(23-26-14)22-17(25)21-12-6-4-11(5-7-12)20-16(24)13-9-27-10-19-13/h5-11,22H,1-4H3,(H,23,28)(H2,24,25,26,29);4-10H,1-3H3,(H,20,24)(H2,21,22,23,25). The number of ketones is 1. The van der Waals surface area contributed by atoms with Gasteiger partial charge in [0.25, 0.3) is 11.8 Å². The number of carbonyl (C=O) groups excluding carboxylic acids is 5. The molecule has 4 heterocycles. The van der Waals surface area contributed by atoms with E-state index in [0.717, 1.165) is 0 Å². The van der Waals surface area contributed by atoms with Gasteiger partial charge >= 0.3 is 12.1 Å². The van der Waals surface area contributed by atoms with E-state index < -0.39 is 12.1 Å². The number of hydrogen-bond donors (Lipinski definition) is 7. The molecule has 0 atom stereocenters. The lowest BCUT2D eigenvalue weighted by Crippen LogP contribution is -2.19. The molecule has 7 N–H and O–H groups in total. The van der Waals surface area contributed by atoms with Crippen LogP contribution in [-0.4, -0.2) is 49.9 Å². The van der Waals surface area contributed by atoms with Crippen molar-refractivity contribution in [1.29, 1.82) is 0 Å². The number of hydrogen-bond acceptors (Lipinski definition) is 11. The van der Waals surface area contributed by atoms with E-state index in [4.69, 9.17) is 9.05 Å². The van der Waals surface area contributed by atoms with Crippen LogP contribution in [-0.2, 0) is 10.8 Å². The molecule has 4 aromatic heterocycles. The molecule has 0 aliphatic rings. The van der Waals surface area contributed by atoms with Crippen LogP contribution in [0.2, 0.25) is 0 Å². The Morgan fingerprint density at radius 3 is 1.42 bits per heavy atom. The highest BCUT2D eigenvalue weighted by molar-refractivity contribution is 7.07. The van der Waals surface area contributed by atoms with Crippen molar-refractivity contribution < 1.29 is 33.0 Å². The number of urea groups is 2. The largest absolute Gasteiger partial charge is 0.359 e. The maximum atomic E-state index is 12.2. The minimum absolute atomic E-state index is 0.126. The third kappa shape index (κ3) is 12.0. The third-order valence-corrected chi connectivity index (χ3v) is 8.37.